The summed E-state index contributed by atoms with van der Waals surface area (Å²) in [4.78, 5) is 11.0. The van der Waals surface area contributed by atoms with Gasteiger partial charge < -0.3 is 4.90 Å². The zero-order chi connectivity index (χ0) is 18.0. The Hall–Kier alpha value is -1.56. The fourth-order valence-corrected chi connectivity index (χ4v) is 3.74. The number of rotatable bonds is 2. The van der Waals surface area contributed by atoms with Gasteiger partial charge in [0.15, 0.2) is 0 Å². The van der Waals surface area contributed by atoms with Crippen molar-refractivity contribution in [2.75, 3.05) is 18.5 Å². The molecule has 3 rings (SSSR count). The third kappa shape index (κ3) is 4.17. The maximum absolute atomic E-state index is 12.9. The number of nitrogens with zero attached hydrogens (tertiary/aromatic N) is 3. The predicted octanol–water partition coefficient (Wildman–Crippen LogP) is 5.35. The van der Waals surface area contributed by atoms with Crippen LogP contribution >= 0.6 is 11.6 Å². The Bertz CT molecular complexity index is 659. The molecule has 0 saturated heterocycles. The lowest BCUT2D eigenvalue weighted by molar-refractivity contribution is -0.182. The normalized spacial score (nSPS) is 26.7. The molecule has 1 aromatic carbocycles. The van der Waals surface area contributed by atoms with E-state index in [2.05, 4.69) is 14.9 Å². The van der Waals surface area contributed by atoms with Crippen LogP contribution in [0.3, 0.4) is 0 Å². The molecule has 1 fully saturated rings. The molecule has 0 aromatic heterocycles. The topological polar surface area (TPSA) is 28.0 Å². The van der Waals surface area contributed by atoms with E-state index in [1.807, 2.05) is 24.3 Å². The Morgan fingerprint density at radius 1 is 1.12 bits per heavy atom. The fraction of sp³-hybridized carbons (Fsp3) is 0.556. The van der Waals surface area contributed by atoms with Gasteiger partial charge in [0.25, 0.3) is 0 Å². The Morgan fingerprint density at radius 2 is 1.76 bits per heavy atom. The van der Waals surface area contributed by atoms with Crippen LogP contribution in [-0.4, -0.2) is 31.4 Å². The molecule has 2 aliphatic rings. The van der Waals surface area contributed by atoms with Gasteiger partial charge in [-0.1, -0.05) is 11.6 Å². The van der Waals surface area contributed by atoms with E-state index in [0.717, 1.165) is 30.3 Å². The molecule has 7 heteroatoms. The highest BCUT2D eigenvalue weighted by Gasteiger charge is 2.43. The summed E-state index contributed by atoms with van der Waals surface area (Å²) >= 11 is 5.97. The zero-order valence-electron chi connectivity index (χ0n) is 14.1. The SMILES string of the molecule is CN=C1CCN(c2ccc(Cl)cc2)C(C2CCC(C(F)(F)F)CC2)=N1. The van der Waals surface area contributed by atoms with E-state index in [1.54, 1.807) is 7.05 Å². The summed E-state index contributed by atoms with van der Waals surface area (Å²) in [5.41, 5.74) is 0.969. The number of aliphatic imine (C=N–C) groups is 2. The van der Waals surface area contributed by atoms with Crippen LogP contribution in [0.2, 0.25) is 5.02 Å². The summed E-state index contributed by atoms with van der Waals surface area (Å²) in [6.07, 6.45) is -2.03. The number of hydrogen-bond acceptors (Lipinski definition) is 2. The van der Waals surface area contributed by atoms with Crippen LogP contribution in [0.1, 0.15) is 32.1 Å². The van der Waals surface area contributed by atoms with Crippen molar-refractivity contribution in [3.8, 4) is 0 Å². The van der Waals surface area contributed by atoms with Gasteiger partial charge in [0.2, 0.25) is 0 Å². The predicted molar refractivity (Wildman–Crippen MR) is 95.7 cm³/mol. The van der Waals surface area contributed by atoms with Crippen molar-refractivity contribution in [1.82, 2.24) is 0 Å². The summed E-state index contributed by atoms with van der Waals surface area (Å²) in [5, 5.41) is 0.653. The number of alkyl halides is 3. The van der Waals surface area contributed by atoms with Gasteiger partial charge in [-0.05, 0) is 49.9 Å². The van der Waals surface area contributed by atoms with Crippen LogP contribution in [-0.2, 0) is 0 Å². The van der Waals surface area contributed by atoms with E-state index in [0.29, 0.717) is 17.9 Å². The molecule has 0 amide bonds. The van der Waals surface area contributed by atoms with Gasteiger partial charge in [-0.2, -0.15) is 13.2 Å². The quantitative estimate of drug-likeness (QED) is 0.689. The van der Waals surface area contributed by atoms with Crippen molar-refractivity contribution >= 4 is 29.0 Å². The molecule has 3 nitrogen and oxygen atoms in total. The summed E-state index contributed by atoms with van der Waals surface area (Å²) in [7, 11) is 1.70. The Morgan fingerprint density at radius 3 is 2.32 bits per heavy atom. The first-order valence-corrected chi connectivity index (χ1v) is 8.90. The van der Waals surface area contributed by atoms with Gasteiger partial charge >= 0.3 is 6.18 Å². The van der Waals surface area contributed by atoms with Gasteiger partial charge in [0.1, 0.15) is 11.7 Å². The van der Waals surface area contributed by atoms with E-state index in [4.69, 9.17) is 11.6 Å². The first-order chi connectivity index (χ1) is 11.9. The van der Waals surface area contributed by atoms with Gasteiger partial charge in [-0.25, -0.2) is 4.99 Å². The van der Waals surface area contributed by atoms with Crippen LogP contribution in [0.4, 0.5) is 18.9 Å². The minimum atomic E-state index is -4.09. The monoisotopic (exact) mass is 371 g/mol. The minimum absolute atomic E-state index is 0.0336. The maximum Gasteiger partial charge on any atom is 0.391 e. The van der Waals surface area contributed by atoms with Crippen LogP contribution in [0.5, 0.6) is 0 Å². The summed E-state index contributed by atoms with van der Waals surface area (Å²) in [6.45, 7) is 0.729. The maximum atomic E-state index is 12.9. The molecule has 1 aromatic rings. The fourth-order valence-electron chi connectivity index (χ4n) is 3.61. The molecule has 1 aliphatic carbocycles. The number of anilines is 1. The average molecular weight is 372 g/mol. The molecular weight excluding hydrogens is 351 g/mol. The Kier molecular flexibility index (Phi) is 5.37. The van der Waals surface area contributed by atoms with Crippen LogP contribution in [0.15, 0.2) is 34.3 Å². The molecule has 1 heterocycles. The van der Waals surface area contributed by atoms with Crippen molar-refractivity contribution in [3.63, 3.8) is 0 Å². The third-order valence-corrected chi connectivity index (χ3v) is 5.28. The number of amidine groups is 2. The lowest BCUT2D eigenvalue weighted by Gasteiger charge is -2.37. The molecule has 1 aliphatic heterocycles. The zero-order valence-corrected chi connectivity index (χ0v) is 14.8. The van der Waals surface area contributed by atoms with Crippen LogP contribution in [0, 0.1) is 11.8 Å². The molecule has 0 bridgehead atoms. The number of halogens is 4. The van der Waals surface area contributed by atoms with E-state index in [9.17, 15) is 13.2 Å². The summed E-state index contributed by atoms with van der Waals surface area (Å²) in [6, 6.07) is 7.48. The summed E-state index contributed by atoms with van der Waals surface area (Å²) in [5.74, 6) is 0.454. The first-order valence-electron chi connectivity index (χ1n) is 8.52. The molecular formula is C18H21ClF3N3. The standard InChI is InChI=1S/C18H21ClF3N3/c1-23-16-10-11-25(15-8-6-14(19)7-9-15)17(24-16)12-2-4-13(5-3-12)18(20,21)22/h6-9,12-13H,2-5,10-11H2,1H3. The summed E-state index contributed by atoms with van der Waals surface area (Å²) < 4.78 is 38.8. The van der Waals surface area contributed by atoms with Crippen LogP contribution < -0.4 is 4.90 Å². The average Bonchev–Trinajstić information content (AvgIpc) is 2.61. The van der Waals surface area contributed by atoms with Crippen LogP contribution in [0.25, 0.3) is 0 Å². The van der Waals surface area contributed by atoms with Crippen molar-refractivity contribution in [3.05, 3.63) is 29.3 Å². The highest BCUT2D eigenvalue weighted by atomic mass is 35.5. The molecule has 0 atom stereocenters. The molecule has 0 spiro atoms. The largest absolute Gasteiger partial charge is 0.391 e. The smallest absolute Gasteiger partial charge is 0.329 e. The van der Waals surface area contributed by atoms with E-state index >= 15 is 0 Å². The van der Waals surface area contributed by atoms with Gasteiger partial charge in [0.05, 0.1) is 5.92 Å². The van der Waals surface area contributed by atoms with Crippen molar-refractivity contribution in [2.45, 2.75) is 38.3 Å². The highest BCUT2D eigenvalue weighted by molar-refractivity contribution is 6.30. The third-order valence-electron chi connectivity index (χ3n) is 5.03. The van der Waals surface area contributed by atoms with Gasteiger partial charge in [-0.3, -0.25) is 4.99 Å². The van der Waals surface area contributed by atoms with Gasteiger partial charge in [0, 0.05) is 36.6 Å². The molecule has 0 unspecified atom stereocenters. The van der Waals surface area contributed by atoms with E-state index in [-0.39, 0.29) is 18.8 Å². The highest BCUT2D eigenvalue weighted by Crippen LogP contribution is 2.41. The Balaban J connectivity index is 1.82. The molecule has 0 N–H and O–H groups in total. The number of hydrogen-bond donors (Lipinski definition) is 0. The lowest BCUT2D eigenvalue weighted by atomic mass is 9.80. The van der Waals surface area contributed by atoms with E-state index in [1.165, 1.54) is 0 Å². The second kappa shape index (κ2) is 7.36. The Labute approximate surface area is 150 Å². The van der Waals surface area contributed by atoms with Crippen molar-refractivity contribution < 1.29 is 13.2 Å². The van der Waals surface area contributed by atoms with E-state index < -0.39 is 12.1 Å². The second-order valence-corrected chi connectivity index (χ2v) is 7.01. The second-order valence-electron chi connectivity index (χ2n) is 6.58. The van der Waals surface area contributed by atoms with Crippen molar-refractivity contribution in [1.29, 1.82) is 0 Å². The molecule has 0 radical (unpaired) electrons. The molecule has 136 valence electrons. The minimum Gasteiger partial charge on any atom is -0.329 e. The molecule has 25 heavy (non-hydrogen) atoms. The van der Waals surface area contributed by atoms with Gasteiger partial charge in [-0.15, -0.1) is 0 Å². The number of benzene rings is 1. The lowest BCUT2D eigenvalue weighted by Crippen LogP contribution is -2.43. The molecule has 1 saturated carbocycles. The van der Waals surface area contributed by atoms with Crippen molar-refractivity contribution in [2.24, 2.45) is 21.8 Å². The first kappa shape index (κ1) is 18.2.